The van der Waals surface area contributed by atoms with E-state index in [1.54, 1.807) is 11.8 Å². The van der Waals surface area contributed by atoms with Gasteiger partial charge in [-0.2, -0.15) is 0 Å². The number of nitrogens with zero attached hydrogens (tertiary/aromatic N) is 1. The topological polar surface area (TPSA) is 20.3 Å². The molecule has 0 spiro atoms. The number of rotatable bonds is 2. The van der Waals surface area contributed by atoms with E-state index in [0.717, 1.165) is 17.8 Å². The van der Waals surface area contributed by atoms with Crippen LogP contribution in [-0.2, 0) is 0 Å². The van der Waals surface area contributed by atoms with Crippen LogP contribution in [0, 0.1) is 17.8 Å². The van der Waals surface area contributed by atoms with Crippen molar-refractivity contribution in [2.45, 2.75) is 90.5 Å². The van der Waals surface area contributed by atoms with Gasteiger partial charge < -0.3 is 4.90 Å². The number of hydrogen-bond acceptors (Lipinski definition) is 2. The molecule has 0 N–H and O–H groups in total. The Morgan fingerprint density at radius 3 is 2.38 bits per heavy atom. The van der Waals surface area contributed by atoms with Crippen molar-refractivity contribution in [2.75, 3.05) is 0 Å². The van der Waals surface area contributed by atoms with Crippen LogP contribution in [0.25, 0.3) is 0 Å². The molecule has 1 aliphatic heterocycles. The van der Waals surface area contributed by atoms with E-state index in [9.17, 15) is 4.79 Å². The van der Waals surface area contributed by atoms with Gasteiger partial charge in [-0.15, -0.1) is 0 Å². The molecule has 0 bridgehead atoms. The average molecular weight is 312 g/mol. The molecule has 2 rings (SSSR count). The maximum Gasteiger partial charge on any atom is 0.282 e. The van der Waals surface area contributed by atoms with Crippen molar-refractivity contribution in [3.05, 3.63) is 0 Å². The van der Waals surface area contributed by atoms with Crippen molar-refractivity contribution in [3.63, 3.8) is 0 Å². The van der Waals surface area contributed by atoms with Crippen molar-refractivity contribution < 1.29 is 4.79 Å². The van der Waals surface area contributed by atoms with E-state index in [1.165, 1.54) is 38.5 Å². The van der Waals surface area contributed by atoms with E-state index in [-0.39, 0.29) is 0 Å². The van der Waals surface area contributed by atoms with E-state index >= 15 is 0 Å². The molecular formula is C18H33NOS. The first-order chi connectivity index (χ1) is 9.90. The van der Waals surface area contributed by atoms with Crippen LogP contribution >= 0.6 is 11.8 Å². The molecule has 0 aromatic rings. The third-order valence-electron chi connectivity index (χ3n) is 5.41. The number of fused-ring (bicyclic) bond motifs is 1. The Morgan fingerprint density at radius 1 is 1.10 bits per heavy atom. The molecule has 1 aliphatic carbocycles. The van der Waals surface area contributed by atoms with Crippen molar-refractivity contribution in [2.24, 2.45) is 17.8 Å². The summed E-state index contributed by atoms with van der Waals surface area (Å²) < 4.78 is 0. The third-order valence-corrected chi connectivity index (χ3v) is 6.64. The monoisotopic (exact) mass is 311 g/mol. The highest BCUT2D eigenvalue weighted by atomic mass is 32.2. The molecule has 0 aromatic heterocycles. The Bertz CT molecular complexity index is 355. The molecular weight excluding hydrogens is 278 g/mol. The lowest BCUT2D eigenvalue weighted by molar-refractivity contribution is 0.167. The van der Waals surface area contributed by atoms with Crippen LogP contribution in [0.3, 0.4) is 0 Å². The van der Waals surface area contributed by atoms with Crippen molar-refractivity contribution in [1.29, 1.82) is 0 Å². The van der Waals surface area contributed by atoms with Crippen molar-refractivity contribution in [1.82, 2.24) is 4.90 Å². The van der Waals surface area contributed by atoms with E-state index in [4.69, 9.17) is 0 Å². The number of amides is 1. The summed E-state index contributed by atoms with van der Waals surface area (Å²) in [6.07, 6.45) is 7.77. The Labute approximate surface area is 135 Å². The minimum Gasteiger partial charge on any atom is -0.327 e. The van der Waals surface area contributed by atoms with Gasteiger partial charge in [-0.25, -0.2) is 0 Å². The summed E-state index contributed by atoms with van der Waals surface area (Å²) >= 11 is 1.62. The number of thioether (sulfide) groups is 1. The highest BCUT2D eigenvalue weighted by molar-refractivity contribution is 8.14. The first-order valence-corrected chi connectivity index (χ1v) is 9.77. The fourth-order valence-electron chi connectivity index (χ4n) is 4.20. The molecule has 0 radical (unpaired) electrons. The van der Waals surface area contributed by atoms with Gasteiger partial charge in [0.05, 0.1) is 0 Å². The zero-order valence-electron chi connectivity index (χ0n) is 14.5. The van der Waals surface area contributed by atoms with Gasteiger partial charge in [0, 0.05) is 17.3 Å². The van der Waals surface area contributed by atoms with Gasteiger partial charge in [0.2, 0.25) is 0 Å². The average Bonchev–Trinajstić information content (AvgIpc) is 2.68. The molecule has 0 aromatic carbocycles. The van der Waals surface area contributed by atoms with Crippen LogP contribution in [0.5, 0.6) is 0 Å². The summed E-state index contributed by atoms with van der Waals surface area (Å²) in [5.41, 5.74) is 0. The predicted molar refractivity (Wildman–Crippen MR) is 92.7 cm³/mol. The minimum atomic E-state index is 0.326. The standard InChI is InChI=1S/C18H33NOS/c1-12(2)15-8-6-7-9-16-17(11-14(5)10-15)21-18(20)19(16)13(3)4/h12-17H,6-11H2,1-5H3. The maximum atomic E-state index is 12.3. The van der Waals surface area contributed by atoms with Crippen LogP contribution < -0.4 is 0 Å². The molecule has 1 saturated carbocycles. The number of carbonyl (C=O) groups is 1. The molecule has 4 unspecified atom stereocenters. The van der Waals surface area contributed by atoms with E-state index < -0.39 is 0 Å². The number of carbonyl (C=O) groups excluding carboxylic acids is 1. The molecule has 4 atom stereocenters. The van der Waals surface area contributed by atoms with Gasteiger partial charge in [0.15, 0.2) is 0 Å². The summed E-state index contributed by atoms with van der Waals surface area (Å²) in [5, 5.41) is 0.854. The summed E-state index contributed by atoms with van der Waals surface area (Å²) in [5.74, 6) is 2.42. The second-order valence-corrected chi connectivity index (χ2v) is 9.05. The molecule has 1 heterocycles. The minimum absolute atomic E-state index is 0.326. The molecule has 1 amide bonds. The molecule has 21 heavy (non-hydrogen) atoms. The lowest BCUT2D eigenvalue weighted by Gasteiger charge is -2.33. The van der Waals surface area contributed by atoms with Gasteiger partial charge in [-0.1, -0.05) is 51.8 Å². The summed E-state index contributed by atoms with van der Waals surface area (Å²) in [7, 11) is 0. The van der Waals surface area contributed by atoms with Gasteiger partial charge in [-0.3, -0.25) is 4.79 Å². The second-order valence-electron chi connectivity index (χ2n) is 7.86. The highest BCUT2D eigenvalue weighted by Gasteiger charge is 2.42. The largest absolute Gasteiger partial charge is 0.327 e. The lowest BCUT2D eigenvalue weighted by Crippen LogP contribution is -2.41. The molecule has 3 heteroatoms. The summed E-state index contributed by atoms with van der Waals surface area (Å²) in [6.45, 7) is 11.5. The molecule has 2 fully saturated rings. The summed E-state index contributed by atoms with van der Waals surface area (Å²) in [6, 6.07) is 0.835. The first kappa shape index (κ1) is 17.2. The third kappa shape index (κ3) is 4.18. The molecule has 2 aliphatic rings. The van der Waals surface area contributed by atoms with Crippen LogP contribution in [0.2, 0.25) is 0 Å². The zero-order chi connectivity index (χ0) is 15.6. The first-order valence-electron chi connectivity index (χ1n) is 8.89. The van der Waals surface area contributed by atoms with Gasteiger partial charge in [0.25, 0.3) is 5.24 Å². The smallest absolute Gasteiger partial charge is 0.282 e. The fraction of sp³-hybridized carbons (Fsp3) is 0.944. The van der Waals surface area contributed by atoms with Gasteiger partial charge in [0.1, 0.15) is 0 Å². The Balaban J connectivity index is 2.08. The lowest BCUT2D eigenvalue weighted by atomic mass is 9.80. The van der Waals surface area contributed by atoms with Crippen LogP contribution in [0.4, 0.5) is 4.79 Å². The molecule has 122 valence electrons. The van der Waals surface area contributed by atoms with Gasteiger partial charge in [-0.05, 0) is 50.9 Å². The van der Waals surface area contributed by atoms with Crippen LogP contribution in [0.1, 0.15) is 73.1 Å². The fourth-order valence-corrected chi connectivity index (χ4v) is 5.78. The van der Waals surface area contributed by atoms with Crippen LogP contribution in [-0.4, -0.2) is 27.5 Å². The highest BCUT2D eigenvalue weighted by Crippen LogP contribution is 2.41. The van der Waals surface area contributed by atoms with E-state index in [0.29, 0.717) is 22.6 Å². The zero-order valence-corrected chi connectivity index (χ0v) is 15.3. The number of hydrogen-bond donors (Lipinski definition) is 0. The van der Waals surface area contributed by atoms with Crippen molar-refractivity contribution in [3.8, 4) is 0 Å². The Hall–Kier alpha value is -0.180. The SMILES string of the molecule is CC1CC(C(C)C)CCCCC2C(C1)SC(=O)N2C(C)C. The Kier molecular flexibility index (Phi) is 6.05. The summed E-state index contributed by atoms with van der Waals surface area (Å²) in [4.78, 5) is 14.5. The van der Waals surface area contributed by atoms with Crippen molar-refractivity contribution >= 4 is 17.0 Å². The van der Waals surface area contributed by atoms with E-state index in [2.05, 4.69) is 39.5 Å². The maximum absolute atomic E-state index is 12.3. The predicted octanol–water partition coefficient (Wildman–Crippen LogP) is 5.56. The van der Waals surface area contributed by atoms with Gasteiger partial charge >= 0.3 is 0 Å². The molecule has 1 saturated heterocycles. The Morgan fingerprint density at radius 2 is 1.76 bits per heavy atom. The quantitative estimate of drug-likeness (QED) is 0.665. The normalized spacial score (nSPS) is 35.4. The van der Waals surface area contributed by atoms with Crippen LogP contribution in [0.15, 0.2) is 0 Å². The molecule has 2 nitrogen and oxygen atoms in total. The van der Waals surface area contributed by atoms with E-state index in [1.807, 2.05) is 0 Å². The second kappa shape index (κ2) is 7.39.